The molecule has 0 amide bonds. The van der Waals surface area contributed by atoms with Gasteiger partial charge in [-0.3, -0.25) is 0 Å². The molecule has 0 bridgehead atoms. The third kappa shape index (κ3) is 2.33. The van der Waals surface area contributed by atoms with Gasteiger partial charge in [0.05, 0.1) is 0 Å². The van der Waals surface area contributed by atoms with Gasteiger partial charge in [0.15, 0.2) is 0 Å². The second-order valence-corrected chi connectivity index (χ2v) is 4.94. The van der Waals surface area contributed by atoms with Crippen molar-refractivity contribution < 1.29 is 0 Å². The summed E-state index contributed by atoms with van der Waals surface area (Å²) in [4.78, 5) is 8.04. The van der Waals surface area contributed by atoms with Crippen molar-refractivity contribution in [3.05, 3.63) is 53.8 Å². The maximum atomic E-state index is 4.14. The second-order valence-electron chi connectivity index (χ2n) is 4.03. The van der Waals surface area contributed by atoms with Crippen molar-refractivity contribution in [3.63, 3.8) is 0 Å². The van der Waals surface area contributed by atoms with Gasteiger partial charge in [-0.15, -0.1) is 11.3 Å². The molecule has 3 nitrogen and oxygen atoms in total. The molecule has 18 heavy (non-hydrogen) atoms. The fourth-order valence-electron chi connectivity index (χ4n) is 1.97. The Labute approximate surface area is 110 Å². The first-order chi connectivity index (χ1) is 8.93. The van der Waals surface area contributed by atoms with Crippen molar-refractivity contribution >= 4 is 27.2 Å². The summed E-state index contributed by atoms with van der Waals surface area (Å²) in [5.41, 5.74) is 1.39. The summed E-state index contributed by atoms with van der Waals surface area (Å²) in [5, 5.41) is 6.78. The number of fused-ring (bicyclic) bond motifs is 1. The van der Waals surface area contributed by atoms with Crippen molar-refractivity contribution in [1.29, 1.82) is 0 Å². The van der Waals surface area contributed by atoms with Gasteiger partial charge in [-0.25, -0.2) is 9.97 Å². The number of rotatable bonds is 4. The van der Waals surface area contributed by atoms with Crippen LogP contribution in [0.4, 0.5) is 5.82 Å². The van der Waals surface area contributed by atoms with Gasteiger partial charge in [0.1, 0.15) is 12.1 Å². The molecular formula is C14H13N3S. The molecule has 4 heteroatoms. The molecule has 0 unspecified atom stereocenters. The molecule has 3 rings (SSSR count). The summed E-state index contributed by atoms with van der Waals surface area (Å²) in [5.74, 6) is 0.878. The Morgan fingerprint density at radius 2 is 2.17 bits per heavy atom. The largest absolute Gasteiger partial charge is 0.370 e. The molecule has 0 spiro atoms. The van der Waals surface area contributed by atoms with Gasteiger partial charge in [-0.05, 0) is 34.9 Å². The number of benzene rings is 1. The van der Waals surface area contributed by atoms with E-state index in [1.165, 1.54) is 15.6 Å². The molecule has 0 radical (unpaired) electrons. The molecule has 3 aromatic rings. The monoisotopic (exact) mass is 255 g/mol. The highest BCUT2D eigenvalue weighted by Crippen LogP contribution is 2.24. The molecule has 1 aromatic carbocycles. The van der Waals surface area contributed by atoms with E-state index < -0.39 is 0 Å². The van der Waals surface area contributed by atoms with Crippen LogP contribution >= 0.6 is 11.3 Å². The second kappa shape index (κ2) is 5.14. The van der Waals surface area contributed by atoms with Crippen molar-refractivity contribution in [1.82, 2.24) is 9.97 Å². The number of nitrogens with zero attached hydrogens (tertiary/aromatic N) is 2. The molecule has 0 aliphatic rings. The van der Waals surface area contributed by atoms with Gasteiger partial charge >= 0.3 is 0 Å². The lowest BCUT2D eigenvalue weighted by molar-refractivity contribution is 1.01. The Bertz CT molecular complexity index is 634. The summed E-state index contributed by atoms with van der Waals surface area (Å²) < 4.78 is 1.39. The average Bonchev–Trinajstić information content (AvgIpc) is 2.89. The predicted octanol–water partition coefficient (Wildman–Crippen LogP) is 3.35. The highest BCUT2D eigenvalue weighted by Gasteiger charge is 2.01. The van der Waals surface area contributed by atoms with Crippen LogP contribution in [0.25, 0.3) is 10.1 Å². The van der Waals surface area contributed by atoms with Crippen LogP contribution in [0.15, 0.2) is 48.2 Å². The van der Waals surface area contributed by atoms with Gasteiger partial charge < -0.3 is 5.32 Å². The summed E-state index contributed by atoms with van der Waals surface area (Å²) in [6.07, 6.45) is 4.31. The molecule has 1 N–H and O–H groups in total. The number of hydrogen-bond donors (Lipinski definition) is 1. The summed E-state index contributed by atoms with van der Waals surface area (Å²) in [7, 11) is 0. The number of thiophene rings is 1. The van der Waals surface area contributed by atoms with Crippen LogP contribution in [-0.2, 0) is 6.42 Å². The smallest absolute Gasteiger partial charge is 0.129 e. The number of nitrogens with one attached hydrogen (secondary N) is 1. The number of anilines is 1. The molecule has 2 aromatic heterocycles. The van der Waals surface area contributed by atoms with Crippen LogP contribution in [0.5, 0.6) is 0 Å². The van der Waals surface area contributed by atoms with Crippen LogP contribution < -0.4 is 5.32 Å². The molecule has 2 heterocycles. The number of hydrogen-bond acceptors (Lipinski definition) is 4. The van der Waals surface area contributed by atoms with Crippen LogP contribution in [-0.4, -0.2) is 16.5 Å². The zero-order chi connectivity index (χ0) is 12.2. The van der Waals surface area contributed by atoms with Crippen molar-refractivity contribution in [2.75, 3.05) is 11.9 Å². The van der Waals surface area contributed by atoms with E-state index in [1.54, 1.807) is 23.9 Å². The minimum absolute atomic E-state index is 0.878. The first kappa shape index (κ1) is 11.2. The van der Waals surface area contributed by atoms with E-state index in [0.717, 1.165) is 18.8 Å². The maximum absolute atomic E-state index is 4.14. The Morgan fingerprint density at radius 1 is 1.17 bits per heavy atom. The van der Waals surface area contributed by atoms with Crippen LogP contribution in [0.3, 0.4) is 0 Å². The predicted molar refractivity (Wildman–Crippen MR) is 76.1 cm³/mol. The zero-order valence-electron chi connectivity index (χ0n) is 9.84. The van der Waals surface area contributed by atoms with Gasteiger partial charge in [-0.2, -0.15) is 0 Å². The quantitative estimate of drug-likeness (QED) is 0.777. The standard InChI is InChI=1S/C14H13N3S/c1-2-11(14-12(3-1)6-9-18-14)4-8-16-13-5-7-15-10-17-13/h1-3,5-7,9-10H,4,8H2,(H,15,16,17). The molecular weight excluding hydrogens is 242 g/mol. The van der Waals surface area contributed by atoms with E-state index in [9.17, 15) is 0 Å². The van der Waals surface area contributed by atoms with Crippen LogP contribution in [0, 0.1) is 0 Å². The fraction of sp³-hybridized carbons (Fsp3) is 0.143. The van der Waals surface area contributed by atoms with Crippen LogP contribution in [0.2, 0.25) is 0 Å². The molecule has 0 aliphatic heterocycles. The molecule has 0 saturated carbocycles. The normalized spacial score (nSPS) is 10.7. The Hall–Kier alpha value is -1.94. The first-order valence-electron chi connectivity index (χ1n) is 5.88. The van der Waals surface area contributed by atoms with E-state index in [0.29, 0.717) is 0 Å². The van der Waals surface area contributed by atoms with Crippen molar-refractivity contribution in [3.8, 4) is 0 Å². The Balaban J connectivity index is 1.68. The topological polar surface area (TPSA) is 37.8 Å². The van der Waals surface area contributed by atoms with E-state index in [-0.39, 0.29) is 0 Å². The highest BCUT2D eigenvalue weighted by molar-refractivity contribution is 7.17. The highest BCUT2D eigenvalue weighted by atomic mass is 32.1. The van der Waals surface area contributed by atoms with Crippen LogP contribution in [0.1, 0.15) is 5.56 Å². The fourth-order valence-corrected chi connectivity index (χ4v) is 2.92. The van der Waals surface area contributed by atoms with Gasteiger partial charge in [0.2, 0.25) is 0 Å². The Morgan fingerprint density at radius 3 is 3.06 bits per heavy atom. The lowest BCUT2D eigenvalue weighted by Crippen LogP contribution is -2.06. The maximum Gasteiger partial charge on any atom is 0.129 e. The lowest BCUT2D eigenvalue weighted by Gasteiger charge is -2.05. The lowest BCUT2D eigenvalue weighted by atomic mass is 10.1. The SMILES string of the molecule is c1cc(CCNc2ccncn2)c2sccc2c1. The minimum atomic E-state index is 0.878. The molecule has 0 saturated heterocycles. The summed E-state index contributed by atoms with van der Waals surface area (Å²) >= 11 is 1.81. The van der Waals surface area contributed by atoms with Crippen molar-refractivity contribution in [2.45, 2.75) is 6.42 Å². The van der Waals surface area contributed by atoms with E-state index in [1.807, 2.05) is 6.07 Å². The minimum Gasteiger partial charge on any atom is -0.370 e. The summed E-state index contributed by atoms with van der Waals surface area (Å²) in [6, 6.07) is 10.5. The third-order valence-electron chi connectivity index (χ3n) is 2.84. The van der Waals surface area contributed by atoms with Gasteiger partial charge in [0, 0.05) is 17.4 Å². The van der Waals surface area contributed by atoms with Gasteiger partial charge in [0.25, 0.3) is 0 Å². The molecule has 90 valence electrons. The van der Waals surface area contributed by atoms with E-state index in [2.05, 4.69) is 44.9 Å². The first-order valence-corrected chi connectivity index (χ1v) is 6.76. The third-order valence-corrected chi connectivity index (χ3v) is 3.85. The van der Waals surface area contributed by atoms with E-state index in [4.69, 9.17) is 0 Å². The zero-order valence-corrected chi connectivity index (χ0v) is 10.7. The molecule has 0 aliphatic carbocycles. The van der Waals surface area contributed by atoms with E-state index >= 15 is 0 Å². The average molecular weight is 255 g/mol. The van der Waals surface area contributed by atoms with Crippen molar-refractivity contribution in [2.24, 2.45) is 0 Å². The number of aromatic nitrogens is 2. The Kier molecular flexibility index (Phi) is 3.19. The summed E-state index contributed by atoms with van der Waals surface area (Å²) in [6.45, 7) is 0.883. The molecule has 0 atom stereocenters. The van der Waals surface area contributed by atoms with Gasteiger partial charge in [-0.1, -0.05) is 18.2 Å². The molecule has 0 fully saturated rings.